The molecular weight excluding hydrogens is 174 g/mol. The second kappa shape index (κ2) is 7.60. The van der Waals surface area contributed by atoms with E-state index in [1.54, 1.807) is 0 Å². The minimum atomic E-state index is 1.03. The zero-order chi connectivity index (χ0) is 10.1. The first-order valence-electron chi connectivity index (χ1n) is 5.81. The predicted octanol–water partition coefficient (Wildman–Crippen LogP) is 3.97. The van der Waals surface area contributed by atoms with Gasteiger partial charge in [0.2, 0.25) is 0 Å². The predicted molar refractivity (Wildman–Crippen MR) is 58.2 cm³/mol. The molecule has 0 amide bonds. The van der Waals surface area contributed by atoms with Crippen LogP contribution in [-0.4, -0.2) is 4.98 Å². The van der Waals surface area contributed by atoms with Gasteiger partial charge in [-0.1, -0.05) is 45.4 Å². The van der Waals surface area contributed by atoms with E-state index >= 15 is 0 Å². The highest BCUT2D eigenvalue weighted by Gasteiger charge is 1.96. The Hall–Kier alpha value is -0.790. The minimum absolute atomic E-state index is 1.03. The molecule has 0 saturated heterocycles. The highest BCUT2D eigenvalue weighted by atomic mass is 16.3. The van der Waals surface area contributed by atoms with Crippen molar-refractivity contribution in [2.45, 2.75) is 58.3 Å². The summed E-state index contributed by atoms with van der Waals surface area (Å²) in [6.07, 6.45) is 13.8. The third-order valence-electron chi connectivity index (χ3n) is 2.51. The largest absolute Gasteiger partial charge is 0.449 e. The van der Waals surface area contributed by atoms with Crippen LogP contribution in [0.15, 0.2) is 17.0 Å². The first-order chi connectivity index (χ1) is 6.93. The fraction of sp³-hybridized carbons (Fsp3) is 0.750. The summed E-state index contributed by atoms with van der Waals surface area (Å²) >= 11 is 0. The Bertz CT molecular complexity index is 206. The van der Waals surface area contributed by atoms with Crippen LogP contribution in [0.2, 0.25) is 0 Å². The standard InChI is InChI=1S/C12H21NO/c1-2-3-4-5-6-7-8-9-12-10-13-11-14-12/h10-11H,2-9H2,1H3. The van der Waals surface area contributed by atoms with E-state index in [0.717, 1.165) is 12.2 Å². The first kappa shape index (κ1) is 11.3. The first-order valence-corrected chi connectivity index (χ1v) is 5.81. The van der Waals surface area contributed by atoms with E-state index in [1.165, 1.54) is 51.3 Å². The van der Waals surface area contributed by atoms with Crippen LogP contribution in [0.1, 0.15) is 57.6 Å². The van der Waals surface area contributed by atoms with Gasteiger partial charge >= 0.3 is 0 Å². The van der Waals surface area contributed by atoms with Crippen molar-refractivity contribution >= 4 is 0 Å². The van der Waals surface area contributed by atoms with Gasteiger partial charge in [-0.3, -0.25) is 0 Å². The fourth-order valence-electron chi connectivity index (χ4n) is 1.62. The SMILES string of the molecule is CCCCCCCCCc1cnco1. The third kappa shape index (κ3) is 5.05. The molecule has 0 N–H and O–H groups in total. The molecular formula is C12H21NO. The summed E-state index contributed by atoms with van der Waals surface area (Å²) in [5.41, 5.74) is 0. The van der Waals surface area contributed by atoms with Gasteiger partial charge in [-0.2, -0.15) is 0 Å². The molecule has 0 aliphatic heterocycles. The number of oxazole rings is 1. The van der Waals surface area contributed by atoms with Crippen molar-refractivity contribution in [1.29, 1.82) is 0 Å². The number of aryl methyl sites for hydroxylation is 1. The molecule has 0 saturated carbocycles. The van der Waals surface area contributed by atoms with Crippen LogP contribution in [0.25, 0.3) is 0 Å². The Balaban J connectivity index is 1.85. The van der Waals surface area contributed by atoms with Crippen molar-refractivity contribution in [2.75, 3.05) is 0 Å². The summed E-state index contributed by atoms with van der Waals surface area (Å²) in [5.74, 6) is 1.03. The molecule has 0 bridgehead atoms. The van der Waals surface area contributed by atoms with E-state index in [1.807, 2.05) is 6.20 Å². The molecule has 0 aliphatic carbocycles. The van der Waals surface area contributed by atoms with E-state index in [-0.39, 0.29) is 0 Å². The van der Waals surface area contributed by atoms with Crippen molar-refractivity contribution < 1.29 is 4.42 Å². The second-order valence-corrected chi connectivity index (χ2v) is 3.84. The highest BCUT2D eigenvalue weighted by molar-refractivity contribution is 4.87. The summed E-state index contributed by atoms with van der Waals surface area (Å²) in [7, 11) is 0. The molecule has 0 aliphatic rings. The number of aromatic nitrogens is 1. The summed E-state index contributed by atoms with van der Waals surface area (Å²) in [6.45, 7) is 2.25. The average molecular weight is 195 g/mol. The number of hydrogen-bond donors (Lipinski definition) is 0. The van der Waals surface area contributed by atoms with E-state index in [0.29, 0.717) is 0 Å². The fourth-order valence-corrected chi connectivity index (χ4v) is 1.62. The van der Waals surface area contributed by atoms with Crippen LogP contribution in [0.5, 0.6) is 0 Å². The van der Waals surface area contributed by atoms with Gasteiger partial charge in [0.15, 0.2) is 6.39 Å². The Morgan fingerprint density at radius 3 is 2.43 bits per heavy atom. The normalized spacial score (nSPS) is 10.6. The van der Waals surface area contributed by atoms with E-state index in [2.05, 4.69) is 11.9 Å². The van der Waals surface area contributed by atoms with Crippen molar-refractivity contribution in [3.63, 3.8) is 0 Å². The number of hydrogen-bond acceptors (Lipinski definition) is 2. The van der Waals surface area contributed by atoms with Gasteiger partial charge in [0.1, 0.15) is 5.76 Å². The summed E-state index contributed by atoms with van der Waals surface area (Å²) in [4.78, 5) is 3.89. The molecule has 1 rings (SSSR count). The lowest BCUT2D eigenvalue weighted by molar-refractivity contribution is 0.487. The molecule has 0 spiro atoms. The third-order valence-corrected chi connectivity index (χ3v) is 2.51. The lowest BCUT2D eigenvalue weighted by atomic mass is 10.1. The molecule has 14 heavy (non-hydrogen) atoms. The number of unbranched alkanes of at least 4 members (excludes halogenated alkanes) is 6. The van der Waals surface area contributed by atoms with Crippen molar-refractivity contribution in [2.24, 2.45) is 0 Å². The van der Waals surface area contributed by atoms with Crippen LogP contribution >= 0.6 is 0 Å². The van der Waals surface area contributed by atoms with Crippen LogP contribution in [0, 0.1) is 0 Å². The quantitative estimate of drug-likeness (QED) is 0.587. The van der Waals surface area contributed by atoms with Crippen LogP contribution < -0.4 is 0 Å². The van der Waals surface area contributed by atoms with E-state index in [4.69, 9.17) is 4.42 Å². The molecule has 1 aromatic rings. The lowest BCUT2D eigenvalue weighted by Crippen LogP contribution is -1.83. The van der Waals surface area contributed by atoms with E-state index < -0.39 is 0 Å². The van der Waals surface area contributed by atoms with Crippen LogP contribution in [0.3, 0.4) is 0 Å². The molecule has 0 atom stereocenters. The topological polar surface area (TPSA) is 26.0 Å². The minimum Gasteiger partial charge on any atom is -0.449 e. The van der Waals surface area contributed by atoms with Gasteiger partial charge in [0.05, 0.1) is 6.20 Å². The van der Waals surface area contributed by atoms with Crippen LogP contribution in [0.4, 0.5) is 0 Å². The molecule has 0 radical (unpaired) electrons. The van der Waals surface area contributed by atoms with E-state index in [9.17, 15) is 0 Å². The van der Waals surface area contributed by atoms with Crippen LogP contribution in [-0.2, 0) is 6.42 Å². The smallest absolute Gasteiger partial charge is 0.180 e. The number of nitrogens with zero attached hydrogens (tertiary/aromatic N) is 1. The maximum atomic E-state index is 5.17. The Morgan fingerprint density at radius 2 is 1.79 bits per heavy atom. The molecule has 80 valence electrons. The van der Waals surface area contributed by atoms with Gasteiger partial charge in [0, 0.05) is 6.42 Å². The van der Waals surface area contributed by atoms with Crippen molar-refractivity contribution in [3.05, 3.63) is 18.4 Å². The molecule has 1 heterocycles. The Labute approximate surface area is 86.7 Å². The molecule has 0 unspecified atom stereocenters. The Morgan fingerprint density at radius 1 is 1.07 bits per heavy atom. The second-order valence-electron chi connectivity index (χ2n) is 3.84. The van der Waals surface area contributed by atoms with Gasteiger partial charge in [-0.05, 0) is 6.42 Å². The lowest BCUT2D eigenvalue weighted by Gasteiger charge is -1.99. The zero-order valence-electron chi connectivity index (χ0n) is 9.17. The highest BCUT2D eigenvalue weighted by Crippen LogP contribution is 2.09. The summed E-state index contributed by atoms with van der Waals surface area (Å²) in [5, 5.41) is 0. The molecule has 2 nitrogen and oxygen atoms in total. The molecule has 2 heteroatoms. The maximum Gasteiger partial charge on any atom is 0.180 e. The van der Waals surface area contributed by atoms with Gasteiger partial charge in [-0.15, -0.1) is 0 Å². The molecule has 0 fully saturated rings. The van der Waals surface area contributed by atoms with Crippen molar-refractivity contribution in [3.8, 4) is 0 Å². The van der Waals surface area contributed by atoms with Gasteiger partial charge < -0.3 is 4.42 Å². The number of rotatable bonds is 8. The monoisotopic (exact) mass is 195 g/mol. The summed E-state index contributed by atoms with van der Waals surface area (Å²) < 4.78 is 5.17. The summed E-state index contributed by atoms with van der Waals surface area (Å²) in [6, 6.07) is 0. The average Bonchev–Trinajstić information content (AvgIpc) is 2.69. The van der Waals surface area contributed by atoms with Gasteiger partial charge in [-0.25, -0.2) is 4.98 Å². The zero-order valence-corrected chi connectivity index (χ0v) is 9.17. The van der Waals surface area contributed by atoms with Crippen molar-refractivity contribution in [1.82, 2.24) is 4.98 Å². The molecule has 1 aromatic heterocycles. The Kier molecular flexibility index (Phi) is 6.13. The maximum absolute atomic E-state index is 5.17. The van der Waals surface area contributed by atoms with Gasteiger partial charge in [0.25, 0.3) is 0 Å². The molecule has 0 aromatic carbocycles.